The lowest BCUT2D eigenvalue weighted by Gasteiger charge is -2.12. The fourth-order valence-corrected chi connectivity index (χ4v) is 1.29. The van der Waals surface area contributed by atoms with Crippen LogP contribution >= 0.6 is 0 Å². The zero-order valence-electron chi connectivity index (χ0n) is 8.50. The summed E-state index contributed by atoms with van der Waals surface area (Å²) >= 11 is 0. The summed E-state index contributed by atoms with van der Waals surface area (Å²) in [4.78, 5) is 4.16. The van der Waals surface area contributed by atoms with E-state index < -0.39 is 0 Å². The summed E-state index contributed by atoms with van der Waals surface area (Å²) in [6.45, 7) is 7.05. The molecule has 0 aliphatic carbocycles. The van der Waals surface area contributed by atoms with Crippen molar-refractivity contribution in [2.45, 2.75) is 39.7 Å². The quantitative estimate of drug-likeness (QED) is 0.747. The van der Waals surface area contributed by atoms with Crippen molar-refractivity contribution in [3.8, 4) is 0 Å². The SMILES string of the molecule is CCN[C@H](CC)Cc1noc(C)n1. The topological polar surface area (TPSA) is 51.0 Å². The summed E-state index contributed by atoms with van der Waals surface area (Å²) in [6, 6.07) is 0.460. The van der Waals surface area contributed by atoms with Gasteiger partial charge in [0.25, 0.3) is 0 Å². The second-order valence-electron chi connectivity index (χ2n) is 3.10. The molecule has 0 radical (unpaired) electrons. The Morgan fingerprint density at radius 1 is 1.46 bits per heavy atom. The van der Waals surface area contributed by atoms with Gasteiger partial charge in [0.15, 0.2) is 5.82 Å². The number of nitrogens with one attached hydrogen (secondary N) is 1. The van der Waals surface area contributed by atoms with Crippen molar-refractivity contribution in [3.63, 3.8) is 0 Å². The van der Waals surface area contributed by atoms with Crippen molar-refractivity contribution in [1.82, 2.24) is 15.5 Å². The van der Waals surface area contributed by atoms with Crippen molar-refractivity contribution < 1.29 is 4.52 Å². The number of rotatable bonds is 5. The van der Waals surface area contributed by atoms with Gasteiger partial charge in [-0.1, -0.05) is 19.0 Å². The first-order valence-corrected chi connectivity index (χ1v) is 4.78. The summed E-state index contributed by atoms with van der Waals surface area (Å²) < 4.78 is 4.90. The molecule has 0 bridgehead atoms. The first-order chi connectivity index (χ1) is 6.26. The van der Waals surface area contributed by atoms with Crippen molar-refractivity contribution in [2.24, 2.45) is 0 Å². The molecule has 0 unspecified atom stereocenters. The van der Waals surface area contributed by atoms with Crippen LogP contribution in [0.15, 0.2) is 4.52 Å². The third-order valence-corrected chi connectivity index (χ3v) is 1.98. The number of aromatic nitrogens is 2. The molecule has 4 heteroatoms. The van der Waals surface area contributed by atoms with Crippen LogP contribution in [-0.2, 0) is 6.42 Å². The molecule has 0 spiro atoms. The van der Waals surface area contributed by atoms with E-state index >= 15 is 0 Å². The smallest absolute Gasteiger partial charge is 0.223 e. The highest BCUT2D eigenvalue weighted by atomic mass is 16.5. The van der Waals surface area contributed by atoms with E-state index in [1.165, 1.54) is 0 Å². The summed E-state index contributed by atoms with van der Waals surface area (Å²) in [5.41, 5.74) is 0. The third-order valence-electron chi connectivity index (χ3n) is 1.98. The summed E-state index contributed by atoms with van der Waals surface area (Å²) in [5.74, 6) is 1.44. The van der Waals surface area contributed by atoms with Crippen LogP contribution in [-0.4, -0.2) is 22.7 Å². The molecule has 0 aromatic carbocycles. The van der Waals surface area contributed by atoms with Crippen molar-refractivity contribution in [1.29, 1.82) is 0 Å². The van der Waals surface area contributed by atoms with Crippen molar-refractivity contribution >= 4 is 0 Å². The Labute approximate surface area is 78.7 Å². The van der Waals surface area contributed by atoms with E-state index in [0.29, 0.717) is 11.9 Å². The fourth-order valence-electron chi connectivity index (χ4n) is 1.29. The van der Waals surface area contributed by atoms with Crippen LogP contribution in [0.2, 0.25) is 0 Å². The van der Waals surface area contributed by atoms with Gasteiger partial charge in [-0.05, 0) is 13.0 Å². The number of likely N-dealkylation sites (N-methyl/N-ethyl adjacent to an activating group) is 1. The molecule has 1 aromatic heterocycles. The maximum absolute atomic E-state index is 4.90. The Morgan fingerprint density at radius 3 is 2.69 bits per heavy atom. The average Bonchev–Trinajstić information content (AvgIpc) is 2.50. The highest BCUT2D eigenvalue weighted by Crippen LogP contribution is 2.02. The van der Waals surface area contributed by atoms with E-state index in [2.05, 4.69) is 29.3 Å². The summed E-state index contributed by atoms with van der Waals surface area (Å²) in [7, 11) is 0. The van der Waals surface area contributed by atoms with Crippen LogP contribution in [0.4, 0.5) is 0 Å². The molecule has 13 heavy (non-hydrogen) atoms. The molecule has 0 saturated heterocycles. The van der Waals surface area contributed by atoms with Crippen LogP contribution in [0.5, 0.6) is 0 Å². The summed E-state index contributed by atoms with van der Waals surface area (Å²) in [5, 5.41) is 7.23. The maximum Gasteiger partial charge on any atom is 0.223 e. The minimum Gasteiger partial charge on any atom is -0.340 e. The van der Waals surface area contributed by atoms with Crippen LogP contribution in [0, 0.1) is 6.92 Å². The van der Waals surface area contributed by atoms with Crippen LogP contribution in [0.25, 0.3) is 0 Å². The van der Waals surface area contributed by atoms with Gasteiger partial charge in [0.1, 0.15) is 0 Å². The van der Waals surface area contributed by atoms with Crippen LogP contribution in [0.3, 0.4) is 0 Å². The molecular weight excluding hydrogens is 166 g/mol. The minimum absolute atomic E-state index is 0.460. The Hall–Kier alpha value is -0.900. The van der Waals surface area contributed by atoms with Gasteiger partial charge in [-0.25, -0.2) is 0 Å². The lowest BCUT2D eigenvalue weighted by molar-refractivity contribution is 0.382. The first-order valence-electron chi connectivity index (χ1n) is 4.78. The standard InChI is InChI=1S/C9H17N3O/c1-4-8(10-5-2)6-9-11-7(3)13-12-9/h8,10H,4-6H2,1-3H3/t8-/m1/s1. The van der Waals surface area contributed by atoms with E-state index in [1.54, 1.807) is 0 Å². The van der Waals surface area contributed by atoms with Gasteiger partial charge in [0.05, 0.1) is 0 Å². The Morgan fingerprint density at radius 2 is 2.23 bits per heavy atom. The number of nitrogens with zero attached hydrogens (tertiary/aromatic N) is 2. The van der Waals surface area contributed by atoms with E-state index in [-0.39, 0.29) is 0 Å². The zero-order chi connectivity index (χ0) is 9.68. The number of hydrogen-bond donors (Lipinski definition) is 1. The molecule has 1 aromatic rings. The van der Waals surface area contributed by atoms with Gasteiger partial charge in [0, 0.05) is 19.4 Å². The Kier molecular flexibility index (Phi) is 3.89. The molecule has 1 atom stereocenters. The van der Waals surface area contributed by atoms with Gasteiger partial charge >= 0.3 is 0 Å². The lowest BCUT2D eigenvalue weighted by atomic mass is 10.1. The normalized spacial score (nSPS) is 13.2. The fraction of sp³-hybridized carbons (Fsp3) is 0.778. The van der Waals surface area contributed by atoms with Gasteiger partial charge in [0.2, 0.25) is 5.89 Å². The van der Waals surface area contributed by atoms with Gasteiger partial charge in [-0.15, -0.1) is 0 Å². The summed E-state index contributed by atoms with van der Waals surface area (Å²) in [6.07, 6.45) is 1.93. The molecular formula is C9H17N3O. The van der Waals surface area contributed by atoms with Crippen LogP contribution in [0.1, 0.15) is 32.0 Å². The molecule has 0 amide bonds. The predicted octanol–water partition coefficient (Wildman–Crippen LogP) is 1.31. The van der Waals surface area contributed by atoms with Crippen molar-refractivity contribution in [3.05, 3.63) is 11.7 Å². The highest BCUT2D eigenvalue weighted by molar-refractivity contribution is 4.88. The molecule has 0 aliphatic rings. The van der Waals surface area contributed by atoms with Gasteiger partial charge in [-0.3, -0.25) is 0 Å². The monoisotopic (exact) mass is 183 g/mol. The molecule has 1 rings (SSSR count). The van der Waals surface area contributed by atoms with Gasteiger partial charge in [-0.2, -0.15) is 4.98 Å². The van der Waals surface area contributed by atoms with Crippen LogP contribution < -0.4 is 5.32 Å². The molecule has 0 aliphatic heterocycles. The zero-order valence-corrected chi connectivity index (χ0v) is 8.50. The second-order valence-corrected chi connectivity index (χ2v) is 3.10. The largest absolute Gasteiger partial charge is 0.340 e. The molecule has 1 heterocycles. The molecule has 1 N–H and O–H groups in total. The third kappa shape index (κ3) is 3.14. The van der Waals surface area contributed by atoms with Gasteiger partial charge < -0.3 is 9.84 Å². The molecule has 0 fully saturated rings. The minimum atomic E-state index is 0.460. The van der Waals surface area contributed by atoms with E-state index in [1.807, 2.05) is 6.92 Å². The Bertz CT molecular complexity index is 247. The maximum atomic E-state index is 4.90. The predicted molar refractivity (Wildman–Crippen MR) is 50.5 cm³/mol. The number of aryl methyl sites for hydroxylation is 1. The van der Waals surface area contributed by atoms with E-state index in [4.69, 9.17) is 4.52 Å². The molecule has 0 saturated carbocycles. The van der Waals surface area contributed by atoms with Crippen molar-refractivity contribution in [2.75, 3.05) is 6.54 Å². The number of hydrogen-bond acceptors (Lipinski definition) is 4. The first kappa shape index (κ1) is 10.2. The molecule has 74 valence electrons. The molecule has 4 nitrogen and oxygen atoms in total. The highest BCUT2D eigenvalue weighted by Gasteiger charge is 2.09. The Balaban J connectivity index is 2.46. The second kappa shape index (κ2) is 4.97. The lowest BCUT2D eigenvalue weighted by Crippen LogP contribution is -2.30. The van der Waals surface area contributed by atoms with E-state index in [0.717, 1.165) is 25.2 Å². The van der Waals surface area contributed by atoms with E-state index in [9.17, 15) is 0 Å². The average molecular weight is 183 g/mol.